The van der Waals surface area contributed by atoms with E-state index in [9.17, 15) is 4.79 Å². The van der Waals surface area contributed by atoms with Crippen LogP contribution in [0, 0.1) is 11.8 Å². The Labute approximate surface area is 326 Å². The van der Waals surface area contributed by atoms with Gasteiger partial charge in [0.1, 0.15) is 12.2 Å². The minimum absolute atomic E-state index is 0.0470. The Bertz CT molecular complexity index is 1250. The highest BCUT2D eigenvalue weighted by atomic mass is 127. The predicted molar refractivity (Wildman–Crippen MR) is 232 cm³/mol. The van der Waals surface area contributed by atoms with Crippen molar-refractivity contribution in [3.63, 3.8) is 0 Å². The molecule has 2 aliphatic heterocycles. The lowest BCUT2D eigenvalue weighted by molar-refractivity contribution is -0.141. The lowest BCUT2D eigenvalue weighted by atomic mass is 10.1. The van der Waals surface area contributed by atoms with Crippen molar-refractivity contribution in [2.24, 2.45) is 11.8 Å². The van der Waals surface area contributed by atoms with Gasteiger partial charge in [-0.1, -0.05) is 184 Å². The molecule has 3 unspecified atom stereocenters. The number of allylic oxidation sites excluding steroid dienone is 22. The van der Waals surface area contributed by atoms with E-state index in [0.717, 1.165) is 82.8 Å². The number of cyclic esters (lactones) is 1. The maximum atomic E-state index is 11.1. The summed E-state index contributed by atoms with van der Waals surface area (Å²) >= 11 is 2.39. The molecule has 0 saturated carbocycles. The number of esters is 1. The van der Waals surface area contributed by atoms with E-state index in [0.29, 0.717) is 22.2 Å². The molecule has 0 bridgehead atoms. The molecule has 2 heterocycles. The fourth-order valence-corrected chi connectivity index (χ4v) is 5.82. The summed E-state index contributed by atoms with van der Waals surface area (Å²) in [5.41, 5.74) is 0. The van der Waals surface area contributed by atoms with E-state index < -0.39 is 0 Å². The molecule has 0 aromatic carbocycles. The van der Waals surface area contributed by atoms with Crippen molar-refractivity contribution < 1.29 is 14.3 Å². The first-order valence-electron chi connectivity index (χ1n) is 19.3. The highest BCUT2D eigenvalue weighted by molar-refractivity contribution is 14.1. The zero-order chi connectivity index (χ0) is 37.2. The molecule has 0 aromatic rings. The van der Waals surface area contributed by atoms with Gasteiger partial charge in [0.2, 0.25) is 0 Å². The second-order valence-electron chi connectivity index (χ2n) is 13.0. The Morgan fingerprint density at radius 2 is 1.12 bits per heavy atom. The van der Waals surface area contributed by atoms with Crippen molar-refractivity contribution in [1.29, 1.82) is 0 Å². The van der Waals surface area contributed by atoms with Gasteiger partial charge in [-0.25, -0.2) is 0 Å². The third kappa shape index (κ3) is 28.2. The fourth-order valence-electron chi connectivity index (χ4n) is 5.02. The van der Waals surface area contributed by atoms with Crippen LogP contribution in [0.2, 0.25) is 0 Å². The van der Waals surface area contributed by atoms with E-state index in [2.05, 4.69) is 191 Å². The number of hydrogen-bond donors (Lipinski definition) is 0. The standard InChI is InChI=1S/C24H34O.C23H33IO2/c1-4-5-14-17-22(2)18-15-12-10-8-6-7-9-11-13-16-19-24-21-20-23(3)25-24;1-3-4-12-15-20(2)16-13-10-8-6-5-7-9-11-14-17-21(24)22-18-19-23(25)26-22/h5-7,10-16,18-19,22,24H,3-4,8-9,17,20-21H2,1-2H3;4-5,7-8,10-14,16,20-22H,3,6,9,15,17-19H2,1-2H3/b7-6-,12-10-,13-11-,14-5-,18-15+,19-16+;7-5-,10-8-,12-4-,14-11-,16-13+/t22-,24?;20-,21?,22?/m00/s1. The second kappa shape index (κ2) is 32.8. The van der Waals surface area contributed by atoms with Crippen molar-refractivity contribution in [3.8, 4) is 0 Å². The van der Waals surface area contributed by atoms with Crippen LogP contribution in [0.15, 0.2) is 146 Å². The van der Waals surface area contributed by atoms with Gasteiger partial charge >= 0.3 is 5.97 Å². The van der Waals surface area contributed by atoms with E-state index in [-0.39, 0.29) is 18.2 Å². The number of rotatable bonds is 23. The van der Waals surface area contributed by atoms with Crippen LogP contribution in [0.1, 0.15) is 111 Å². The molecular formula is C47H67IO3. The Kier molecular flexibility index (Phi) is 29.5. The maximum Gasteiger partial charge on any atom is 0.306 e. The number of halogens is 1. The average molecular weight is 807 g/mol. The molecule has 0 spiro atoms. The Morgan fingerprint density at radius 1 is 0.627 bits per heavy atom. The summed E-state index contributed by atoms with van der Waals surface area (Å²) in [7, 11) is 0. The topological polar surface area (TPSA) is 35.5 Å². The fraction of sp³-hybridized carbons (Fsp3) is 0.468. The van der Waals surface area contributed by atoms with E-state index in [4.69, 9.17) is 9.47 Å². The molecule has 280 valence electrons. The van der Waals surface area contributed by atoms with Crippen LogP contribution < -0.4 is 0 Å². The summed E-state index contributed by atoms with van der Waals surface area (Å²) in [5, 5.41) is 0. The van der Waals surface area contributed by atoms with Gasteiger partial charge in [-0.2, -0.15) is 0 Å². The van der Waals surface area contributed by atoms with Crippen LogP contribution in [0.4, 0.5) is 0 Å². The maximum absolute atomic E-state index is 11.1. The quantitative estimate of drug-likeness (QED) is 0.0339. The third-order valence-electron chi connectivity index (χ3n) is 8.06. The van der Waals surface area contributed by atoms with Crippen molar-refractivity contribution in [2.45, 2.75) is 127 Å². The highest BCUT2D eigenvalue weighted by Gasteiger charge is 2.28. The van der Waals surface area contributed by atoms with Gasteiger partial charge in [-0.15, -0.1) is 0 Å². The molecule has 2 rings (SSSR count). The van der Waals surface area contributed by atoms with Crippen LogP contribution in [0.25, 0.3) is 0 Å². The molecule has 4 heteroatoms. The lowest BCUT2D eigenvalue weighted by Gasteiger charge is -2.14. The molecule has 0 amide bonds. The minimum atomic E-state index is -0.0470. The Morgan fingerprint density at radius 3 is 1.59 bits per heavy atom. The van der Waals surface area contributed by atoms with Crippen LogP contribution in [0.3, 0.4) is 0 Å². The molecule has 2 saturated heterocycles. The minimum Gasteiger partial charge on any atom is -0.491 e. The lowest BCUT2D eigenvalue weighted by Crippen LogP contribution is -2.19. The summed E-state index contributed by atoms with van der Waals surface area (Å²) in [4.78, 5) is 11.1. The number of ether oxygens (including phenoxy) is 2. The first kappa shape index (κ1) is 45.9. The van der Waals surface area contributed by atoms with Crippen LogP contribution in [0.5, 0.6) is 0 Å². The summed E-state index contributed by atoms with van der Waals surface area (Å²) in [6.45, 7) is 12.7. The number of carbonyl (C=O) groups excluding carboxylic acids is 1. The second-order valence-corrected chi connectivity index (χ2v) is 14.6. The van der Waals surface area contributed by atoms with Crippen molar-refractivity contribution in [3.05, 3.63) is 146 Å². The SMILES string of the molecule is C=C1CCC(/C=C/C=C\C/C=C\C/C=C\C=C\[C@@H](C)C/C=C\CC)O1.CC/C=C\C[C@H](C)/C=C/C=C\C/C=C\C/C=C\CC(I)C1CCC(=O)O1. The first-order chi connectivity index (χ1) is 24.8. The van der Waals surface area contributed by atoms with Gasteiger partial charge < -0.3 is 9.47 Å². The highest BCUT2D eigenvalue weighted by Crippen LogP contribution is 2.25. The molecule has 0 N–H and O–H groups in total. The van der Waals surface area contributed by atoms with Gasteiger partial charge in [-0.05, 0) is 88.5 Å². The zero-order valence-corrected chi connectivity index (χ0v) is 34.2. The number of alkyl halides is 1. The normalized spacial score (nSPS) is 20.7. The monoisotopic (exact) mass is 806 g/mol. The van der Waals surface area contributed by atoms with Crippen molar-refractivity contribution >= 4 is 28.6 Å². The summed E-state index contributed by atoms with van der Waals surface area (Å²) < 4.78 is 11.2. The third-order valence-corrected chi connectivity index (χ3v) is 9.37. The summed E-state index contributed by atoms with van der Waals surface area (Å²) in [6.07, 6.45) is 61.2. The summed E-state index contributed by atoms with van der Waals surface area (Å²) in [6, 6.07) is 0. The van der Waals surface area contributed by atoms with Crippen LogP contribution >= 0.6 is 22.6 Å². The molecule has 51 heavy (non-hydrogen) atoms. The molecule has 3 nitrogen and oxygen atoms in total. The molecule has 0 aliphatic carbocycles. The van der Waals surface area contributed by atoms with Gasteiger partial charge in [-0.3, -0.25) is 4.79 Å². The van der Waals surface area contributed by atoms with Gasteiger partial charge in [0.25, 0.3) is 0 Å². The van der Waals surface area contributed by atoms with Gasteiger partial charge in [0, 0.05) is 12.8 Å². The summed E-state index contributed by atoms with van der Waals surface area (Å²) in [5.74, 6) is 2.06. The van der Waals surface area contributed by atoms with E-state index in [1.165, 1.54) is 0 Å². The van der Waals surface area contributed by atoms with E-state index in [1.54, 1.807) is 0 Å². The van der Waals surface area contributed by atoms with Gasteiger partial charge in [0.15, 0.2) is 0 Å². The molecule has 5 atom stereocenters. The number of hydrogen-bond acceptors (Lipinski definition) is 3. The van der Waals surface area contributed by atoms with Gasteiger partial charge in [0.05, 0.1) is 9.68 Å². The van der Waals surface area contributed by atoms with Crippen molar-refractivity contribution in [2.75, 3.05) is 0 Å². The Balaban J connectivity index is 0.000000510. The Hall–Kier alpha value is -3.12. The largest absolute Gasteiger partial charge is 0.491 e. The smallest absolute Gasteiger partial charge is 0.306 e. The molecule has 2 aliphatic rings. The molecule has 0 aromatic heterocycles. The average Bonchev–Trinajstić information content (AvgIpc) is 3.75. The van der Waals surface area contributed by atoms with Crippen LogP contribution in [-0.4, -0.2) is 22.1 Å². The van der Waals surface area contributed by atoms with Crippen molar-refractivity contribution in [1.82, 2.24) is 0 Å². The first-order valence-corrected chi connectivity index (χ1v) is 20.5. The zero-order valence-electron chi connectivity index (χ0n) is 32.1. The molecular weight excluding hydrogens is 739 g/mol. The molecule has 2 fully saturated rings. The van der Waals surface area contributed by atoms with E-state index >= 15 is 0 Å². The van der Waals surface area contributed by atoms with E-state index in [1.807, 2.05) is 0 Å². The molecule has 0 radical (unpaired) electrons. The van der Waals surface area contributed by atoms with Crippen LogP contribution in [-0.2, 0) is 14.3 Å². The predicted octanol–water partition coefficient (Wildman–Crippen LogP) is 14.1. The number of carbonyl (C=O) groups is 1.